The van der Waals surface area contributed by atoms with Gasteiger partial charge in [-0.05, 0) is 36.4 Å². The van der Waals surface area contributed by atoms with Crippen LogP contribution in [-0.2, 0) is 11.2 Å². The summed E-state index contributed by atoms with van der Waals surface area (Å²) >= 11 is 9.07. The van der Waals surface area contributed by atoms with Crippen molar-refractivity contribution in [3.63, 3.8) is 0 Å². The van der Waals surface area contributed by atoms with Gasteiger partial charge in [-0.3, -0.25) is 9.78 Å². The summed E-state index contributed by atoms with van der Waals surface area (Å²) in [6, 6.07) is 11.5. The SMILES string of the molecule is O=C(Cc1csc(-c2cccnc2)n1)NCCSc1ccc(Cl)cc1. The number of pyridine rings is 1. The summed E-state index contributed by atoms with van der Waals surface area (Å²) in [5.74, 6) is 0.797. The second kappa shape index (κ2) is 8.99. The topological polar surface area (TPSA) is 54.9 Å². The molecule has 0 aliphatic rings. The van der Waals surface area contributed by atoms with Gasteiger partial charge in [0.1, 0.15) is 5.01 Å². The zero-order valence-electron chi connectivity index (χ0n) is 13.3. The van der Waals surface area contributed by atoms with E-state index in [0.29, 0.717) is 13.0 Å². The molecule has 2 aromatic heterocycles. The Bertz CT molecular complexity index is 822. The van der Waals surface area contributed by atoms with Gasteiger partial charge in [-0.2, -0.15) is 0 Å². The first-order chi connectivity index (χ1) is 12.2. The Balaban J connectivity index is 1.42. The van der Waals surface area contributed by atoms with Gasteiger partial charge in [-0.25, -0.2) is 4.98 Å². The molecule has 7 heteroatoms. The van der Waals surface area contributed by atoms with E-state index in [9.17, 15) is 4.79 Å². The van der Waals surface area contributed by atoms with Crippen molar-refractivity contribution < 1.29 is 4.79 Å². The molecule has 1 aromatic carbocycles. The Morgan fingerprint density at radius 2 is 2.08 bits per heavy atom. The van der Waals surface area contributed by atoms with Crippen molar-refractivity contribution in [3.8, 4) is 10.6 Å². The highest BCUT2D eigenvalue weighted by atomic mass is 35.5. The molecule has 4 nitrogen and oxygen atoms in total. The minimum Gasteiger partial charge on any atom is -0.355 e. The van der Waals surface area contributed by atoms with E-state index in [2.05, 4.69) is 15.3 Å². The van der Waals surface area contributed by atoms with Crippen molar-refractivity contribution in [2.75, 3.05) is 12.3 Å². The van der Waals surface area contributed by atoms with Crippen LogP contribution in [0.4, 0.5) is 0 Å². The summed E-state index contributed by atoms with van der Waals surface area (Å²) < 4.78 is 0. The maximum atomic E-state index is 12.0. The fourth-order valence-corrected chi connectivity index (χ4v) is 3.83. The van der Waals surface area contributed by atoms with Crippen molar-refractivity contribution >= 4 is 40.6 Å². The van der Waals surface area contributed by atoms with Gasteiger partial charge in [0.2, 0.25) is 5.91 Å². The molecule has 0 atom stereocenters. The number of benzene rings is 1. The zero-order chi connectivity index (χ0) is 17.5. The van der Waals surface area contributed by atoms with E-state index in [1.54, 1.807) is 24.2 Å². The molecular weight excluding hydrogens is 374 g/mol. The van der Waals surface area contributed by atoms with Gasteiger partial charge in [0, 0.05) is 45.6 Å². The number of halogens is 1. The lowest BCUT2D eigenvalue weighted by atomic mass is 10.3. The first kappa shape index (κ1) is 17.9. The maximum Gasteiger partial charge on any atom is 0.226 e. The average molecular weight is 390 g/mol. The lowest BCUT2D eigenvalue weighted by molar-refractivity contribution is -0.120. The largest absolute Gasteiger partial charge is 0.355 e. The van der Waals surface area contributed by atoms with E-state index in [0.717, 1.165) is 31.9 Å². The molecule has 0 aliphatic heterocycles. The highest BCUT2D eigenvalue weighted by Gasteiger charge is 2.09. The van der Waals surface area contributed by atoms with Gasteiger partial charge in [-0.15, -0.1) is 23.1 Å². The third-order valence-corrected chi connectivity index (χ3v) is 5.51. The van der Waals surface area contributed by atoms with E-state index in [1.807, 2.05) is 41.8 Å². The van der Waals surface area contributed by atoms with E-state index >= 15 is 0 Å². The number of carbonyl (C=O) groups is 1. The lowest BCUT2D eigenvalue weighted by Gasteiger charge is -2.04. The number of hydrogen-bond acceptors (Lipinski definition) is 5. The van der Waals surface area contributed by atoms with E-state index in [-0.39, 0.29) is 5.91 Å². The molecule has 0 aliphatic carbocycles. The zero-order valence-corrected chi connectivity index (χ0v) is 15.7. The molecule has 128 valence electrons. The highest BCUT2D eigenvalue weighted by Crippen LogP contribution is 2.23. The molecule has 3 aromatic rings. The monoisotopic (exact) mass is 389 g/mol. The second-order valence-corrected chi connectivity index (χ2v) is 7.68. The molecule has 0 saturated heterocycles. The summed E-state index contributed by atoms with van der Waals surface area (Å²) in [6.45, 7) is 0.617. The normalized spacial score (nSPS) is 10.6. The van der Waals surface area contributed by atoms with Crippen LogP contribution in [0.2, 0.25) is 5.02 Å². The Morgan fingerprint density at radius 1 is 1.24 bits per heavy atom. The summed E-state index contributed by atoms with van der Waals surface area (Å²) in [6.07, 6.45) is 3.80. The molecule has 0 unspecified atom stereocenters. The van der Waals surface area contributed by atoms with Crippen LogP contribution in [0.15, 0.2) is 59.1 Å². The highest BCUT2D eigenvalue weighted by molar-refractivity contribution is 7.99. The molecular formula is C18H16ClN3OS2. The summed E-state index contributed by atoms with van der Waals surface area (Å²) in [7, 11) is 0. The maximum absolute atomic E-state index is 12.0. The van der Waals surface area contributed by atoms with Gasteiger partial charge in [0.05, 0.1) is 12.1 Å². The Labute approximate surface area is 159 Å². The summed E-state index contributed by atoms with van der Waals surface area (Å²) in [5.41, 5.74) is 1.75. The number of thiazole rings is 1. The lowest BCUT2D eigenvalue weighted by Crippen LogP contribution is -2.27. The number of rotatable bonds is 7. The molecule has 0 fully saturated rings. The molecule has 2 heterocycles. The average Bonchev–Trinajstić information content (AvgIpc) is 3.09. The van der Waals surface area contributed by atoms with Gasteiger partial charge >= 0.3 is 0 Å². The molecule has 0 saturated carbocycles. The number of thioether (sulfide) groups is 1. The predicted molar refractivity (Wildman–Crippen MR) is 104 cm³/mol. The number of nitrogens with zero attached hydrogens (tertiary/aromatic N) is 2. The van der Waals surface area contributed by atoms with Crippen LogP contribution < -0.4 is 5.32 Å². The summed E-state index contributed by atoms with van der Waals surface area (Å²) in [5, 5.41) is 6.46. The van der Waals surface area contributed by atoms with Crippen molar-refractivity contribution in [1.82, 2.24) is 15.3 Å². The van der Waals surface area contributed by atoms with Crippen LogP contribution in [0.3, 0.4) is 0 Å². The Kier molecular flexibility index (Phi) is 6.44. The van der Waals surface area contributed by atoms with Crippen molar-refractivity contribution in [1.29, 1.82) is 0 Å². The number of aromatic nitrogens is 2. The standard InChI is InChI=1S/C18H16ClN3OS2/c19-14-3-5-16(6-4-14)24-9-8-21-17(23)10-15-12-25-18(22-15)13-2-1-7-20-11-13/h1-7,11-12H,8-10H2,(H,21,23). The molecule has 1 N–H and O–H groups in total. The number of amides is 1. The summed E-state index contributed by atoms with van der Waals surface area (Å²) in [4.78, 5) is 21.8. The van der Waals surface area contributed by atoms with Gasteiger partial charge in [-0.1, -0.05) is 11.6 Å². The third kappa shape index (κ3) is 5.56. The smallest absolute Gasteiger partial charge is 0.226 e. The number of hydrogen-bond donors (Lipinski definition) is 1. The van der Waals surface area contributed by atoms with E-state index < -0.39 is 0 Å². The Hall–Kier alpha value is -1.89. The van der Waals surface area contributed by atoms with Crippen LogP contribution in [0.1, 0.15) is 5.69 Å². The molecule has 0 bridgehead atoms. The van der Waals surface area contributed by atoms with Crippen molar-refractivity contribution in [2.45, 2.75) is 11.3 Å². The number of carbonyl (C=O) groups excluding carboxylic acids is 1. The molecule has 1 amide bonds. The quantitative estimate of drug-likeness (QED) is 0.483. The van der Waals surface area contributed by atoms with Crippen molar-refractivity contribution in [2.24, 2.45) is 0 Å². The fourth-order valence-electron chi connectivity index (χ4n) is 2.13. The molecule has 0 spiro atoms. The van der Waals surface area contributed by atoms with Gasteiger partial charge < -0.3 is 5.32 Å². The molecule has 0 radical (unpaired) electrons. The number of nitrogens with one attached hydrogen (secondary N) is 1. The first-order valence-electron chi connectivity index (χ1n) is 7.70. The minimum absolute atomic E-state index is 0.0141. The van der Waals surface area contributed by atoms with E-state index in [4.69, 9.17) is 11.6 Å². The van der Waals surface area contributed by atoms with Crippen molar-refractivity contribution in [3.05, 3.63) is 64.9 Å². The van der Waals surface area contributed by atoms with Crippen LogP contribution in [-0.4, -0.2) is 28.2 Å². The van der Waals surface area contributed by atoms with Gasteiger partial charge in [0.25, 0.3) is 0 Å². The van der Waals surface area contributed by atoms with E-state index in [1.165, 1.54) is 11.3 Å². The molecule has 3 rings (SSSR count). The fraction of sp³-hybridized carbons (Fsp3) is 0.167. The van der Waals surface area contributed by atoms with Crippen LogP contribution in [0.25, 0.3) is 10.6 Å². The van der Waals surface area contributed by atoms with Crippen LogP contribution in [0, 0.1) is 0 Å². The van der Waals surface area contributed by atoms with Crippen LogP contribution >= 0.6 is 34.7 Å². The third-order valence-electron chi connectivity index (χ3n) is 3.31. The minimum atomic E-state index is -0.0141. The van der Waals surface area contributed by atoms with Crippen LogP contribution in [0.5, 0.6) is 0 Å². The molecule has 25 heavy (non-hydrogen) atoms. The predicted octanol–water partition coefficient (Wildman–Crippen LogP) is 4.31. The van der Waals surface area contributed by atoms with Gasteiger partial charge in [0.15, 0.2) is 0 Å². The first-order valence-corrected chi connectivity index (χ1v) is 9.95. The second-order valence-electron chi connectivity index (χ2n) is 5.21. The Morgan fingerprint density at radius 3 is 2.84 bits per heavy atom.